The first-order chi connectivity index (χ1) is 7.83. The number of nitrogens with one attached hydrogen (secondary N) is 1. The molecule has 0 saturated carbocycles. The minimum Gasteiger partial charge on any atom is -0.385 e. The molecule has 0 heterocycles. The second-order valence-corrected chi connectivity index (χ2v) is 4.22. The normalized spacial score (nSPS) is 10.0. The number of benzene rings is 1. The number of aryl methyl sites for hydroxylation is 1. The number of hydrogen-bond acceptors (Lipinski definition) is 2. The zero-order valence-corrected chi connectivity index (χ0v) is 11.7. The van der Waals surface area contributed by atoms with E-state index in [1.54, 1.807) is 7.11 Å². The van der Waals surface area contributed by atoms with Crippen molar-refractivity contribution in [2.24, 2.45) is 0 Å². The molecular weight excluding hydrogens is 234 g/mol. The van der Waals surface area contributed by atoms with Crippen LogP contribution in [0, 0.1) is 6.92 Å². The highest BCUT2D eigenvalue weighted by Gasteiger charge is 1.93. The zero-order valence-electron chi connectivity index (χ0n) is 10.9. The topological polar surface area (TPSA) is 21.3 Å². The van der Waals surface area contributed by atoms with Crippen LogP contribution in [0.2, 0.25) is 0 Å². The van der Waals surface area contributed by atoms with Crippen LogP contribution in [-0.4, -0.2) is 20.3 Å². The lowest BCUT2D eigenvalue weighted by molar-refractivity contribution is 0.192. The molecule has 1 aromatic rings. The predicted octanol–water partition coefficient (Wildman–Crippen LogP) is 3.32. The molecule has 2 nitrogen and oxygen atoms in total. The number of rotatable bonds is 8. The van der Waals surface area contributed by atoms with Gasteiger partial charge in [-0.25, -0.2) is 0 Å². The summed E-state index contributed by atoms with van der Waals surface area (Å²) in [4.78, 5) is 0. The van der Waals surface area contributed by atoms with E-state index in [1.807, 2.05) is 0 Å². The van der Waals surface area contributed by atoms with E-state index >= 15 is 0 Å². The minimum absolute atomic E-state index is 0. The third kappa shape index (κ3) is 8.19. The van der Waals surface area contributed by atoms with Crippen LogP contribution in [0.3, 0.4) is 0 Å². The fourth-order valence-electron chi connectivity index (χ4n) is 1.73. The summed E-state index contributed by atoms with van der Waals surface area (Å²) in [6, 6.07) is 8.65. The maximum atomic E-state index is 5.01. The van der Waals surface area contributed by atoms with Gasteiger partial charge in [0.1, 0.15) is 0 Å². The van der Waals surface area contributed by atoms with Crippen LogP contribution in [0.4, 0.5) is 0 Å². The Morgan fingerprint density at radius 1 is 1.18 bits per heavy atom. The molecule has 0 amide bonds. The van der Waals surface area contributed by atoms with Crippen LogP contribution < -0.4 is 5.32 Å². The summed E-state index contributed by atoms with van der Waals surface area (Å²) in [5.41, 5.74) is 2.70. The molecule has 98 valence electrons. The summed E-state index contributed by atoms with van der Waals surface area (Å²) in [6.07, 6.45) is 3.65. The molecule has 0 bridgehead atoms. The van der Waals surface area contributed by atoms with Crippen LogP contribution in [-0.2, 0) is 11.3 Å². The van der Waals surface area contributed by atoms with Crippen LogP contribution in [0.25, 0.3) is 0 Å². The van der Waals surface area contributed by atoms with E-state index < -0.39 is 0 Å². The molecule has 1 N–H and O–H groups in total. The van der Waals surface area contributed by atoms with Gasteiger partial charge in [0.25, 0.3) is 0 Å². The van der Waals surface area contributed by atoms with E-state index in [4.69, 9.17) is 4.74 Å². The molecule has 0 unspecified atom stereocenters. The van der Waals surface area contributed by atoms with Crippen molar-refractivity contribution in [1.82, 2.24) is 5.32 Å². The van der Waals surface area contributed by atoms with E-state index in [0.29, 0.717) is 0 Å². The maximum Gasteiger partial charge on any atom is 0.0462 e. The van der Waals surface area contributed by atoms with Crippen LogP contribution in [0.15, 0.2) is 24.3 Å². The quantitative estimate of drug-likeness (QED) is 0.722. The lowest BCUT2D eigenvalue weighted by atomic mass is 10.1. The molecule has 3 heteroatoms. The van der Waals surface area contributed by atoms with E-state index in [0.717, 1.165) is 19.7 Å². The lowest BCUT2D eigenvalue weighted by Gasteiger charge is -2.05. The van der Waals surface area contributed by atoms with Crippen LogP contribution in [0.1, 0.15) is 30.4 Å². The van der Waals surface area contributed by atoms with Crippen molar-refractivity contribution in [3.63, 3.8) is 0 Å². The number of unbranched alkanes of at least 4 members (excludes halogenated alkanes) is 2. The zero-order chi connectivity index (χ0) is 11.6. The number of methoxy groups -OCH3 is 1. The molecule has 1 rings (SSSR count). The molecule has 0 fully saturated rings. The Balaban J connectivity index is 0.00000256. The Morgan fingerprint density at radius 2 is 2.00 bits per heavy atom. The van der Waals surface area contributed by atoms with Gasteiger partial charge in [0.2, 0.25) is 0 Å². The summed E-state index contributed by atoms with van der Waals surface area (Å²) in [6.45, 7) is 5.09. The largest absolute Gasteiger partial charge is 0.385 e. The molecule has 0 saturated heterocycles. The van der Waals surface area contributed by atoms with Gasteiger partial charge in [0.15, 0.2) is 0 Å². The average Bonchev–Trinajstić information content (AvgIpc) is 2.28. The molecule has 17 heavy (non-hydrogen) atoms. The van der Waals surface area contributed by atoms with Crippen molar-refractivity contribution >= 4 is 12.4 Å². The minimum atomic E-state index is 0. The second-order valence-electron chi connectivity index (χ2n) is 4.22. The van der Waals surface area contributed by atoms with Crippen molar-refractivity contribution < 1.29 is 4.74 Å². The van der Waals surface area contributed by atoms with E-state index in [-0.39, 0.29) is 12.4 Å². The smallest absolute Gasteiger partial charge is 0.0462 e. The highest BCUT2D eigenvalue weighted by atomic mass is 35.5. The van der Waals surface area contributed by atoms with E-state index in [2.05, 4.69) is 36.5 Å². The number of halogens is 1. The van der Waals surface area contributed by atoms with Crippen molar-refractivity contribution in [2.45, 2.75) is 32.7 Å². The summed E-state index contributed by atoms with van der Waals surface area (Å²) in [5.74, 6) is 0. The molecular formula is C14H24ClNO. The van der Waals surface area contributed by atoms with E-state index in [1.165, 1.54) is 30.4 Å². The van der Waals surface area contributed by atoms with Gasteiger partial charge >= 0.3 is 0 Å². The first-order valence-electron chi connectivity index (χ1n) is 6.08. The molecule has 0 spiro atoms. The Morgan fingerprint density at radius 3 is 2.71 bits per heavy atom. The van der Waals surface area contributed by atoms with Gasteiger partial charge in [0, 0.05) is 20.3 Å². The van der Waals surface area contributed by atoms with Crippen LogP contribution >= 0.6 is 12.4 Å². The fourth-order valence-corrected chi connectivity index (χ4v) is 1.73. The average molecular weight is 258 g/mol. The third-order valence-electron chi connectivity index (χ3n) is 2.61. The van der Waals surface area contributed by atoms with E-state index in [9.17, 15) is 0 Å². The third-order valence-corrected chi connectivity index (χ3v) is 2.61. The molecule has 0 aliphatic carbocycles. The monoisotopic (exact) mass is 257 g/mol. The first-order valence-corrected chi connectivity index (χ1v) is 6.08. The molecule has 0 aliphatic rings. The standard InChI is InChI=1S/C14H23NO.ClH/c1-13-7-6-8-14(11-13)12-15-9-4-3-5-10-16-2;/h6-8,11,15H,3-5,9-10,12H2,1-2H3;1H. The van der Waals surface area contributed by atoms with Gasteiger partial charge in [-0.1, -0.05) is 29.8 Å². The molecule has 0 radical (unpaired) electrons. The van der Waals surface area contributed by atoms with Crippen molar-refractivity contribution in [1.29, 1.82) is 0 Å². The Hall–Kier alpha value is -0.570. The molecule has 0 aliphatic heterocycles. The highest BCUT2D eigenvalue weighted by molar-refractivity contribution is 5.85. The Kier molecular flexibility index (Phi) is 10.2. The Bertz CT molecular complexity index is 291. The van der Waals surface area contributed by atoms with Gasteiger partial charge in [0.05, 0.1) is 0 Å². The summed E-state index contributed by atoms with van der Waals surface area (Å²) in [5, 5.41) is 3.46. The number of hydrogen-bond donors (Lipinski definition) is 1. The van der Waals surface area contributed by atoms with Gasteiger partial charge < -0.3 is 10.1 Å². The maximum absolute atomic E-state index is 5.01. The summed E-state index contributed by atoms with van der Waals surface area (Å²) in [7, 11) is 1.76. The summed E-state index contributed by atoms with van der Waals surface area (Å²) >= 11 is 0. The molecule has 1 aromatic carbocycles. The lowest BCUT2D eigenvalue weighted by Crippen LogP contribution is -2.14. The van der Waals surface area contributed by atoms with Gasteiger partial charge in [-0.15, -0.1) is 12.4 Å². The number of ether oxygens (including phenoxy) is 1. The van der Waals surface area contributed by atoms with Gasteiger partial charge in [-0.2, -0.15) is 0 Å². The van der Waals surface area contributed by atoms with Crippen LogP contribution in [0.5, 0.6) is 0 Å². The van der Waals surface area contributed by atoms with Crippen molar-refractivity contribution in [3.05, 3.63) is 35.4 Å². The van der Waals surface area contributed by atoms with Crippen molar-refractivity contribution in [3.8, 4) is 0 Å². The van der Waals surface area contributed by atoms with Gasteiger partial charge in [-0.3, -0.25) is 0 Å². The highest BCUT2D eigenvalue weighted by Crippen LogP contribution is 2.03. The first kappa shape index (κ1) is 16.4. The molecule has 0 aromatic heterocycles. The van der Waals surface area contributed by atoms with Gasteiger partial charge in [-0.05, 0) is 38.3 Å². The predicted molar refractivity (Wildman–Crippen MR) is 75.9 cm³/mol. The molecule has 0 atom stereocenters. The Labute approximate surface area is 111 Å². The second kappa shape index (κ2) is 10.6. The summed E-state index contributed by atoms with van der Waals surface area (Å²) < 4.78 is 5.01. The fraction of sp³-hybridized carbons (Fsp3) is 0.571. The van der Waals surface area contributed by atoms with Crippen molar-refractivity contribution in [2.75, 3.05) is 20.3 Å². The SMILES string of the molecule is COCCCCCNCc1cccc(C)c1.Cl.